The Kier molecular flexibility index (Phi) is 6.74. The molecule has 160 valence electrons. The maximum Gasteiger partial charge on any atom is 0.407 e. The van der Waals surface area contributed by atoms with Crippen molar-refractivity contribution in [2.75, 3.05) is 51.7 Å². The van der Waals surface area contributed by atoms with E-state index in [0.717, 1.165) is 30.8 Å². The van der Waals surface area contributed by atoms with Gasteiger partial charge < -0.3 is 25.0 Å². The first-order valence-corrected chi connectivity index (χ1v) is 10.4. The zero-order valence-electron chi connectivity index (χ0n) is 17.2. The van der Waals surface area contributed by atoms with E-state index in [4.69, 9.17) is 21.4 Å². The summed E-state index contributed by atoms with van der Waals surface area (Å²) < 4.78 is 5.41. The molecule has 3 rings (SSSR count). The van der Waals surface area contributed by atoms with Gasteiger partial charge in [0.2, 0.25) is 5.91 Å². The summed E-state index contributed by atoms with van der Waals surface area (Å²) in [5, 5.41) is 12.9. The lowest BCUT2D eigenvalue weighted by Gasteiger charge is -2.47. The van der Waals surface area contributed by atoms with Crippen molar-refractivity contribution in [1.29, 1.82) is 0 Å². The number of benzene rings is 1. The van der Waals surface area contributed by atoms with Crippen LogP contribution in [0.4, 0.5) is 10.5 Å². The van der Waals surface area contributed by atoms with Gasteiger partial charge in [0.1, 0.15) is 11.8 Å². The predicted molar refractivity (Wildman–Crippen MR) is 112 cm³/mol. The summed E-state index contributed by atoms with van der Waals surface area (Å²) in [6, 6.07) is 3.59. The van der Waals surface area contributed by atoms with Crippen molar-refractivity contribution >= 4 is 29.3 Å². The number of piperazine rings is 1. The first-order chi connectivity index (χ1) is 13.8. The number of halogens is 1. The summed E-state index contributed by atoms with van der Waals surface area (Å²) in [4.78, 5) is 29.4. The third-order valence-corrected chi connectivity index (χ3v) is 6.12. The van der Waals surface area contributed by atoms with Crippen LogP contribution in [-0.2, 0) is 11.2 Å². The number of rotatable bonds is 6. The number of aryl methyl sites for hydroxylation is 1. The molecule has 2 aliphatic rings. The minimum atomic E-state index is -0.862. The minimum absolute atomic E-state index is 0.0421. The van der Waals surface area contributed by atoms with Gasteiger partial charge in [0.25, 0.3) is 0 Å². The fourth-order valence-corrected chi connectivity index (χ4v) is 4.16. The molecular weight excluding hydrogens is 396 g/mol. The average Bonchev–Trinajstić information content (AvgIpc) is 2.67. The SMILES string of the molecule is CCc1cc(NC(C)C(=O)N2CCN(C3CN(C(=O)O)C3)CC2)c(OC)cc1Cl. The molecule has 0 spiro atoms. The van der Waals surface area contributed by atoms with E-state index in [9.17, 15) is 9.59 Å². The van der Waals surface area contributed by atoms with Crippen molar-refractivity contribution in [3.8, 4) is 5.75 Å². The molecule has 1 atom stereocenters. The highest BCUT2D eigenvalue weighted by Gasteiger charge is 2.37. The second-order valence-electron chi connectivity index (χ2n) is 7.57. The molecule has 0 aromatic heterocycles. The van der Waals surface area contributed by atoms with E-state index in [1.165, 1.54) is 4.90 Å². The summed E-state index contributed by atoms with van der Waals surface area (Å²) in [6.45, 7) is 7.81. The van der Waals surface area contributed by atoms with Crippen molar-refractivity contribution in [3.63, 3.8) is 0 Å². The lowest BCUT2D eigenvalue weighted by molar-refractivity contribution is -0.134. The molecule has 2 aliphatic heterocycles. The molecule has 1 aromatic rings. The maximum absolute atomic E-state index is 12.9. The molecule has 8 nitrogen and oxygen atoms in total. The maximum atomic E-state index is 12.9. The highest BCUT2D eigenvalue weighted by Crippen LogP contribution is 2.32. The van der Waals surface area contributed by atoms with Crippen molar-refractivity contribution in [2.45, 2.75) is 32.4 Å². The summed E-state index contributed by atoms with van der Waals surface area (Å²) >= 11 is 6.26. The highest BCUT2D eigenvalue weighted by atomic mass is 35.5. The Balaban J connectivity index is 1.54. The van der Waals surface area contributed by atoms with Crippen molar-refractivity contribution in [3.05, 3.63) is 22.7 Å². The van der Waals surface area contributed by atoms with Crippen molar-refractivity contribution < 1.29 is 19.4 Å². The zero-order chi connectivity index (χ0) is 21.1. The van der Waals surface area contributed by atoms with Crippen LogP contribution in [0.15, 0.2) is 12.1 Å². The summed E-state index contributed by atoms with van der Waals surface area (Å²) in [5.74, 6) is 0.658. The number of amides is 2. The van der Waals surface area contributed by atoms with Gasteiger partial charge in [-0.25, -0.2) is 4.79 Å². The lowest BCUT2D eigenvalue weighted by atomic mass is 10.1. The number of anilines is 1. The summed E-state index contributed by atoms with van der Waals surface area (Å²) in [6.07, 6.45) is -0.0683. The molecule has 0 saturated carbocycles. The van der Waals surface area contributed by atoms with E-state index in [1.807, 2.05) is 24.8 Å². The molecule has 2 amide bonds. The van der Waals surface area contributed by atoms with Gasteiger partial charge in [-0.1, -0.05) is 18.5 Å². The molecule has 0 radical (unpaired) electrons. The van der Waals surface area contributed by atoms with E-state index in [1.54, 1.807) is 13.2 Å². The lowest BCUT2D eigenvalue weighted by Crippen LogP contribution is -2.64. The van der Waals surface area contributed by atoms with Crippen LogP contribution in [0.5, 0.6) is 5.75 Å². The number of carbonyl (C=O) groups excluding carboxylic acids is 1. The normalized spacial score (nSPS) is 18.9. The minimum Gasteiger partial charge on any atom is -0.495 e. The zero-order valence-corrected chi connectivity index (χ0v) is 17.9. The number of ether oxygens (including phenoxy) is 1. The van der Waals surface area contributed by atoms with Gasteiger partial charge in [-0.2, -0.15) is 0 Å². The monoisotopic (exact) mass is 424 g/mol. The quantitative estimate of drug-likeness (QED) is 0.728. The first kappa shape index (κ1) is 21.5. The van der Waals surface area contributed by atoms with Gasteiger partial charge in [0.05, 0.1) is 12.8 Å². The fraction of sp³-hybridized carbons (Fsp3) is 0.600. The van der Waals surface area contributed by atoms with E-state index in [-0.39, 0.29) is 11.9 Å². The van der Waals surface area contributed by atoms with Crippen LogP contribution in [-0.4, -0.2) is 90.3 Å². The number of nitrogens with one attached hydrogen (secondary N) is 1. The number of hydrogen-bond acceptors (Lipinski definition) is 5. The van der Waals surface area contributed by atoms with Gasteiger partial charge >= 0.3 is 6.09 Å². The second kappa shape index (κ2) is 9.09. The van der Waals surface area contributed by atoms with Crippen LogP contribution >= 0.6 is 11.6 Å². The van der Waals surface area contributed by atoms with Gasteiger partial charge in [-0.05, 0) is 25.0 Å². The largest absolute Gasteiger partial charge is 0.495 e. The van der Waals surface area contributed by atoms with Gasteiger partial charge in [-0.15, -0.1) is 0 Å². The van der Waals surface area contributed by atoms with Gasteiger partial charge in [0, 0.05) is 56.4 Å². The molecule has 9 heteroatoms. The second-order valence-corrected chi connectivity index (χ2v) is 7.97. The third-order valence-electron chi connectivity index (χ3n) is 5.77. The van der Waals surface area contributed by atoms with E-state index in [2.05, 4.69) is 10.2 Å². The average molecular weight is 425 g/mol. The molecular formula is C20H29ClN4O4. The van der Waals surface area contributed by atoms with Crippen molar-refractivity contribution in [1.82, 2.24) is 14.7 Å². The van der Waals surface area contributed by atoms with Crippen LogP contribution in [0, 0.1) is 0 Å². The van der Waals surface area contributed by atoms with E-state index < -0.39 is 12.1 Å². The molecule has 1 aromatic carbocycles. The number of carboxylic acid groups (broad SMARTS) is 1. The summed E-state index contributed by atoms with van der Waals surface area (Å²) in [5.41, 5.74) is 1.76. The number of carbonyl (C=O) groups is 2. The molecule has 0 bridgehead atoms. The molecule has 2 heterocycles. The Labute approximate surface area is 176 Å². The molecule has 2 saturated heterocycles. The molecule has 2 fully saturated rings. The standard InChI is InChI=1S/C20H29ClN4O4/c1-4-14-9-17(18(29-3)10-16(14)21)22-13(2)19(26)24-7-5-23(6-8-24)15-11-25(12-15)20(27)28/h9-10,13,15,22H,4-8,11-12H2,1-3H3,(H,27,28). The van der Waals surface area contributed by atoms with Crippen LogP contribution < -0.4 is 10.1 Å². The Morgan fingerprint density at radius 3 is 2.45 bits per heavy atom. The van der Waals surface area contributed by atoms with E-state index in [0.29, 0.717) is 37.0 Å². The molecule has 1 unspecified atom stereocenters. The fourth-order valence-electron chi connectivity index (χ4n) is 3.87. The van der Waals surface area contributed by atoms with E-state index >= 15 is 0 Å². The number of methoxy groups -OCH3 is 1. The third kappa shape index (κ3) is 4.70. The Bertz CT molecular complexity index is 761. The van der Waals surface area contributed by atoms with Crippen LogP contribution in [0.25, 0.3) is 0 Å². The smallest absolute Gasteiger partial charge is 0.407 e. The Morgan fingerprint density at radius 1 is 1.24 bits per heavy atom. The molecule has 29 heavy (non-hydrogen) atoms. The topological polar surface area (TPSA) is 85.4 Å². The number of hydrogen-bond donors (Lipinski definition) is 2. The van der Waals surface area contributed by atoms with Gasteiger partial charge in [-0.3, -0.25) is 9.69 Å². The highest BCUT2D eigenvalue weighted by molar-refractivity contribution is 6.31. The van der Waals surface area contributed by atoms with Gasteiger partial charge in [0.15, 0.2) is 0 Å². The summed E-state index contributed by atoms with van der Waals surface area (Å²) in [7, 11) is 1.58. The van der Waals surface area contributed by atoms with Crippen LogP contribution in [0.2, 0.25) is 5.02 Å². The number of likely N-dealkylation sites (tertiary alicyclic amines) is 1. The van der Waals surface area contributed by atoms with Crippen LogP contribution in [0.1, 0.15) is 19.4 Å². The first-order valence-electron chi connectivity index (χ1n) is 9.97. The Hall–Kier alpha value is -2.19. The van der Waals surface area contributed by atoms with Crippen molar-refractivity contribution in [2.24, 2.45) is 0 Å². The number of nitrogens with zero attached hydrogens (tertiary/aromatic N) is 3. The molecule has 0 aliphatic carbocycles. The van der Waals surface area contributed by atoms with Crippen LogP contribution in [0.3, 0.4) is 0 Å². The molecule has 2 N–H and O–H groups in total. The Morgan fingerprint density at radius 2 is 1.90 bits per heavy atom. The predicted octanol–water partition coefficient (Wildman–Crippen LogP) is 2.22.